The first kappa shape index (κ1) is 21.4. The van der Waals surface area contributed by atoms with Crippen LogP contribution in [0.4, 0.5) is 5.69 Å². The molecule has 5 rings (SSSR count). The minimum absolute atomic E-state index is 0.0171. The zero-order chi connectivity index (χ0) is 22.8. The predicted octanol–water partition coefficient (Wildman–Crippen LogP) is 5.77. The van der Waals surface area contributed by atoms with Gasteiger partial charge in [0, 0.05) is 23.9 Å². The Morgan fingerprint density at radius 1 is 0.939 bits per heavy atom. The molecule has 33 heavy (non-hydrogen) atoms. The van der Waals surface area contributed by atoms with Crippen LogP contribution in [0.15, 0.2) is 73.2 Å². The van der Waals surface area contributed by atoms with Crippen molar-refractivity contribution in [1.29, 1.82) is 0 Å². The summed E-state index contributed by atoms with van der Waals surface area (Å²) in [4.78, 5) is 30.4. The molecule has 3 aromatic rings. The Kier molecular flexibility index (Phi) is 5.95. The Bertz CT molecular complexity index is 1170. The number of rotatable bonds is 6. The van der Waals surface area contributed by atoms with Gasteiger partial charge in [-0.2, -0.15) is 0 Å². The van der Waals surface area contributed by atoms with Crippen LogP contribution in [0.2, 0.25) is 0 Å². The Morgan fingerprint density at radius 2 is 1.58 bits per heavy atom. The summed E-state index contributed by atoms with van der Waals surface area (Å²) in [5.74, 6) is 0.360. The zero-order valence-electron chi connectivity index (χ0n) is 18.9. The van der Waals surface area contributed by atoms with Crippen LogP contribution < -0.4 is 5.32 Å². The van der Waals surface area contributed by atoms with Crippen molar-refractivity contribution in [3.8, 4) is 0 Å². The molecule has 1 saturated carbocycles. The Morgan fingerprint density at radius 3 is 2.27 bits per heavy atom. The van der Waals surface area contributed by atoms with Gasteiger partial charge in [0.05, 0.1) is 24.3 Å². The fraction of sp³-hybridized carbons (Fsp3) is 0.321. The van der Waals surface area contributed by atoms with Gasteiger partial charge in [0.15, 0.2) is 0 Å². The van der Waals surface area contributed by atoms with E-state index in [0.717, 1.165) is 42.6 Å². The maximum Gasteiger partial charge on any atom is 0.227 e. The maximum atomic E-state index is 13.4. The van der Waals surface area contributed by atoms with Crippen LogP contribution in [-0.4, -0.2) is 21.2 Å². The molecule has 2 heterocycles. The third-order valence-corrected chi connectivity index (χ3v) is 7.20. The second-order valence-corrected chi connectivity index (χ2v) is 9.18. The van der Waals surface area contributed by atoms with Crippen molar-refractivity contribution >= 4 is 28.5 Å². The number of benzene rings is 2. The second kappa shape index (κ2) is 9.18. The van der Waals surface area contributed by atoms with Crippen LogP contribution in [0.25, 0.3) is 11.1 Å². The molecule has 0 saturated heterocycles. The number of ketones is 1. The van der Waals surface area contributed by atoms with Crippen LogP contribution in [0.3, 0.4) is 0 Å². The second-order valence-electron chi connectivity index (χ2n) is 9.18. The molecule has 0 spiro atoms. The van der Waals surface area contributed by atoms with Crippen LogP contribution in [0.5, 0.6) is 0 Å². The van der Waals surface area contributed by atoms with Gasteiger partial charge in [0.2, 0.25) is 5.91 Å². The molecule has 1 fully saturated rings. The minimum Gasteiger partial charge on any atom is -0.326 e. The molecule has 1 N–H and O–H groups in total. The first-order chi connectivity index (χ1) is 16.1. The van der Waals surface area contributed by atoms with Gasteiger partial charge in [-0.1, -0.05) is 48.5 Å². The molecule has 1 aliphatic heterocycles. The number of para-hydroxylation sites is 1. The number of nitrogens with one attached hydrogen (secondary N) is 1. The van der Waals surface area contributed by atoms with E-state index in [-0.39, 0.29) is 23.8 Å². The smallest absolute Gasteiger partial charge is 0.227 e. The van der Waals surface area contributed by atoms with Gasteiger partial charge in [0.1, 0.15) is 5.78 Å². The predicted molar refractivity (Wildman–Crippen MR) is 130 cm³/mol. The molecule has 1 atom stereocenters. The van der Waals surface area contributed by atoms with Crippen molar-refractivity contribution in [2.45, 2.75) is 45.1 Å². The first-order valence-electron chi connectivity index (χ1n) is 11.8. The highest BCUT2D eigenvalue weighted by Gasteiger charge is 2.35. The Labute approximate surface area is 194 Å². The number of Topliss-reactive ketones (excluding diaryl/α,β-unsaturated/α-hetero) is 1. The number of aromatic nitrogens is 2. The zero-order valence-corrected chi connectivity index (χ0v) is 18.9. The van der Waals surface area contributed by atoms with Crippen LogP contribution in [0, 0.1) is 11.8 Å². The molecule has 0 radical (unpaired) electrons. The van der Waals surface area contributed by atoms with Crippen molar-refractivity contribution in [3.05, 3.63) is 84.4 Å². The van der Waals surface area contributed by atoms with E-state index in [9.17, 15) is 9.59 Å². The van der Waals surface area contributed by atoms with Gasteiger partial charge in [-0.25, -0.2) is 4.98 Å². The molecule has 0 bridgehead atoms. The molecule has 2 aromatic carbocycles. The molecule has 1 aliphatic carbocycles. The highest BCUT2D eigenvalue weighted by atomic mass is 16.2. The SMILES string of the molecule is CC1=C(c2ccccc2)C(CC(=O)C2CCC(C(=O)Nc3ccccc3)CC2)n2cncc21. The highest BCUT2D eigenvalue weighted by Crippen LogP contribution is 2.44. The van der Waals surface area contributed by atoms with Gasteiger partial charge in [-0.15, -0.1) is 0 Å². The van der Waals surface area contributed by atoms with Crippen molar-refractivity contribution in [2.24, 2.45) is 11.8 Å². The van der Waals surface area contributed by atoms with E-state index >= 15 is 0 Å². The third-order valence-electron chi connectivity index (χ3n) is 7.20. The van der Waals surface area contributed by atoms with Crippen molar-refractivity contribution < 1.29 is 9.59 Å². The summed E-state index contributed by atoms with van der Waals surface area (Å²) < 4.78 is 2.15. The maximum absolute atomic E-state index is 13.4. The first-order valence-corrected chi connectivity index (χ1v) is 11.8. The Balaban J connectivity index is 1.24. The van der Waals surface area contributed by atoms with Gasteiger partial charge in [-0.3, -0.25) is 9.59 Å². The average Bonchev–Trinajstić information content (AvgIpc) is 3.43. The van der Waals surface area contributed by atoms with Crippen LogP contribution >= 0.6 is 0 Å². The summed E-state index contributed by atoms with van der Waals surface area (Å²) >= 11 is 0. The Hall–Kier alpha value is -3.47. The number of imidazole rings is 1. The highest BCUT2D eigenvalue weighted by molar-refractivity contribution is 5.96. The van der Waals surface area contributed by atoms with E-state index in [1.165, 1.54) is 11.1 Å². The molecule has 1 amide bonds. The third kappa shape index (κ3) is 4.28. The van der Waals surface area contributed by atoms with E-state index in [0.29, 0.717) is 12.2 Å². The van der Waals surface area contributed by atoms with Crippen molar-refractivity contribution in [1.82, 2.24) is 9.55 Å². The molecule has 2 aliphatic rings. The number of allylic oxidation sites excluding steroid dienone is 2. The molecule has 1 unspecified atom stereocenters. The van der Waals surface area contributed by atoms with E-state index in [1.54, 1.807) is 0 Å². The van der Waals surface area contributed by atoms with Crippen molar-refractivity contribution in [3.63, 3.8) is 0 Å². The fourth-order valence-electron chi connectivity index (χ4n) is 5.40. The topological polar surface area (TPSA) is 64.0 Å². The van der Waals surface area contributed by atoms with Gasteiger partial charge < -0.3 is 9.88 Å². The number of hydrogen-bond acceptors (Lipinski definition) is 3. The van der Waals surface area contributed by atoms with Crippen LogP contribution in [0.1, 0.15) is 56.3 Å². The molecular formula is C28H29N3O2. The number of nitrogens with zero attached hydrogens (tertiary/aromatic N) is 2. The number of amides is 1. The fourth-order valence-corrected chi connectivity index (χ4v) is 5.40. The number of carbonyl (C=O) groups is 2. The van der Waals surface area contributed by atoms with Gasteiger partial charge in [-0.05, 0) is 61.4 Å². The average molecular weight is 440 g/mol. The summed E-state index contributed by atoms with van der Waals surface area (Å²) in [7, 11) is 0. The van der Waals surface area contributed by atoms with E-state index < -0.39 is 0 Å². The monoisotopic (exact) mass is 439 g/mol. The normalized spacial score (nSPS) is 22.2. The van der Waals surface area contributed by atoms with Crippen molar-refractivity contribution in [2.75, 3.05) is 5.32 Å². The van der Waals surface area contributed by atoms with E-state index in [4.69, 9.17) is 0 Å². The molecule has 1 aromatic heterocycles. The van der Waals surface area contributed by atoms with Gasteiger partial charge >= 0.3 is 0 Å². The molecular weight excluding hydrogens is 410 g/mol. The van der Waals surface area contributed by atoms with Gasteiger partial charge in [0.25, 0.3) is 0 Å². The van der Waals surface area contributed by atoms with E-state index in [1.807, 2.05) is 61.1 Å². The molecule has 168 valence electrons. The quantitative estimate of drug-likeness (QED) is 0.530. The molecule has 5 nitrogen and oxygen atoms in total. The summed E-state index contributed by atoms with van der Waals surface area (Å²) in [6.07, 6.45) is 7.28. The van der Waals surface area contributed by atoms with E-state index in [2.05, 4.69) is 33.9 Å². The lowest BCUT2D eigenvalue weighted by atomic mass is 9.78. The lowest BCUT2D eigenvalue weighted by Gasteiger charge is -2.28. The minimum atomic E-state index is -0.0250. The lowest BCUT2D eigenvalue weighted by Crippen LogP contribution is -2.30. The summed E-state index contributed by atoms with van der Waals surface area (Å²) in [6.45, 7) is 2.12. The number of fused-ring (bicyclic) bond motifs is 1. The van der Waals surface area contributed by atoms with Crippen LogP contribution in [-0.2, 0) is 9.59 Å². The summed E-state index contributed by atoms with van der Waals surface area (Å²) in [5.41, 5.74) is 5.49. The lowest BCUT2D eigenvalue weighted by molar-refractivity contribution is -0.127. The standard InChI is InChI=1S/C28H29N3O2/c1-19-25-17-29-18-31(25)24(27(19)21-8-4-2-5-9-21)16-26(32)20-12-14-22(15-13-20)28(33)30-23-10-6-3-7-11-23/h2-11,17-18,20,22,24H,12-16H2,1H3,(H,30,33). The number of carbonyl (C=O) groups excluding carboxylic acids is 2. The number of anilines is 1. The largest absolute Gasteiger partial charge is 0.326 e. The summed E-state index contributed by atoms with van der Waals surface area (Å²) in [5, 5.41) is 3.01. The number of hydrogen-bond donors (Lipinski definition) is 1. The molecule has 5 heteroatoms. The summed E-state index contributed by atoms with van der Waals surface area (Å²) in [6, 6.07) is 19.9.